The molecule has 0 aliphatic heterocycles. The maximum atomic E-state index is 10.3. The highest BCUT2D eigenvalue weighted by Crippen LogP contribution is 1.96. The van der Waals surface area contributed by atoms with Crippen molar-refractivity contribution in [2.45, 2.75) is 45.4 Å². The smallest absolute Gasteiger partial charge is 0.303 e. The molecule has 0 aromatic heterocycles. The Morgan fingerprint density at radius 3 is 1.95 bits per heavy atom. The maximum absolute atomic E-state index is 10.3. The van der Waals surface area contributed by atoms with Crippen LogP contribution in [0.3, 0.4) is 0 Å². The molecule has 0 bridgehead atoms. The van der Waals surface area contributed by atoms with Gasteiger partial charge in [0.15, 0.2) is 0 Å². The number of hydrogen-bond acceptors (Lipinski definition) is 1. The summed E-state index contributed by atoms with van der Waals surface area (Å²) in [5.41, 5.74) is 0. The second-order valence-electron chi connectivity index (χ2n) is 4.73. The first kappa shape index (κ1) is 19.9. The lowest BCUT2D eigenvalue weighted by atomic mass is 10.2. The van der Waals surface area contributed by atoms with Crippen molar-refractivity contribution < 1.29 is 9.90 Å². The molecule has 0 radical (unpaired) electrons. The van der Waals surface area contributed by atoms with Crippen molar-refractivity contribution in [3.05, 3.63) is 72.9 Å². The van der Waals surface area contributed by atoms with Gasteiger partial charge in [0.25, 0.3) is 0 Å². The topological polar surface area (TPSA) is 37.3 Å². The van der Waals surface area contributed by atoms with Crippen molar-refractivity contribution in [3.8, 4) is 0 Å². The summed E-state index contributed by atoms with van der Waals surface area (Å²) in [6.45, 7) is 2.14. The Morgan fingerprint density at radius 2 is 1.32 bits per heavy atom. The van der Waals surface area contributed by atoms with Gasteiger partial charge in [-0.25, -0.2) is 0 Å². The summed E-state index contributed by atoms with van der Waals surface area (Å²) in [7, 11) is 0. The molecule has 0 aromatic carbocycles. The fourth-order valence-corrected chi connectivity index (χ4v) is 1.57. The quantitative estimate of drug-likeness (QED) is 0.282. The zero-order valence-corrected chi connectivity index (χ0v) is 13.5. The van der Waals surface area contributed by atoms with Crippen LogP contribution in [0.25, 0.3) is 0 Å². The number of unbranched alkanes of at least 4 members (excludes halogenated alkanes) is 1. The predicted molar refractivity (Wildman–Crippen MR) is 95.9 cm³/mol. The lowest BCUT2D eigenvalue weighted by Gasteiger charge is -1.88. The monoisotopic (exact) mass is 300 g/mol. The van der Waals surface area contributed by atoms with E-state index in [0.29, 0.717) is 6.42 Å². The maximum Gasteiger partial charge on any atom is 0.303 e. The van der Waals surface area contributed by atoms with Crippen LogP contribution in [0.5, 0.6) is 0 Å². The number of rotatable bonds is 12. The van der Waals surface area contributed by atoms with Crippen LogP contribution in [0.1, 0.15) is 45.4 Å². The van der Waals surface area contributed by atoms with Gasteiger partial charge in [-0.05, 0) is 32.1 Å². The third kappa shape index (κ3) is 17.9. The van der Waals surface area contributed by atoms with E-state index in [1.165, 1.54) is 0 Å². The summed E-state index contributed by atoms with van der Waals surface area (Å²) in [5.74, 6) is -0.731. The summed E-state index contributed by atoms with van der Waals surface area (Å²) in [6.07, 6.45) is 29.5. The van der Waals surface area contributed by atoms with E-state index in [9.17, 15) is 4.79 Å². The Bertz CT molecular complexity index is 435. The standard InChI is InChI=1S/C20H28O2/c1-2-3-4-5-6-7-8-9-10-11-12-13-14-15-16-17-18-19-20(21)22/h3-4,6-7,9-16H,2,5,8,17-19H2,1H3,(H,21,22)/b4-3-,7-6-,10-9+,12-11+,14-13+,16-15+. The first-order valence-electron chi connectivity index (χ1n) is 7.94. The van der Waals surface area contributed by atoms with Crippen molar-refractivity contribution in [1.29, 1.82) is 0 Å². The molecule has 0 atom stereocenters. The van der Waals surface area contributed by atoms with Crippen LogP contribution in [-0.2, 0) is 4.79 Å². The second-order valence-corrected chi connectivity index (χ2v) is 4.73. The zero-order valence-electron chi connectivity index (χ0n) is 13.5. The van der Waals surface area contributed by atoms with Gasteiger partial charge in [-0.3, -0.25) is 4.79 Å². The van der Waals surface area contributed by atoms with Gasteiger partial charge in [0.2, 0.25) is 0 Å². The van der Waals surface area contributed by atoms with Crippen molar-refractivity contribution in [2.75, 3.05) is 0 Å². The van der Waals surface area contributed by atoms with E-state index >= 15 is 0 Å². The minimum absolute atomic E-state index is 0.238. The minimum Gasteiger partial charge on any atom is -0.481 e. The SMILES string of the molecule is CC/C=C\C/C=C\C/C=C/C=C/C=C/C=C/CCCC(=O)O. The van der Waals surface area contributed by atoms with Crippen molar-refractivity contribution in [2.24, 2.45) is 0 Å². The largest absolute Gasteiger partial charge is 0.481 e. The lowest BCUT2D eigenvalue weighted by Crippen LogP contribution is -1.92. The minimum atomic E-state index is -0.731. The van der Waals surface area contributed by atoms with Crippen LogP contribution in [0.4, 0.5) is 0 Å². The molecule has 22 heavy (non-hydrogen) atoms. The molecule has 0 aromatic rings. The second kappa shape index (κ2) is 17.0. The third-order valence-corrected chi connectivity index (χ3v) is 2.70. The van der Waals surface area contributed by atoms with E-state index in [4.69, 9.17) is 5.11 Å². The summed E-state index contributed by atoms with van der Waals surface area (Å²) in [5, 5.41) is 8.48. The Labute approximate surface area is 134 Å². The van der Waals surface area contributed by atoms with Gasteiger partial charge in [0, 0.05) is 6.42 Å². The van der Waals surface area contributed by atoms with E-state index in [2.05, 4.69) is 37.3 Å². The molecule has 2 nitrogen and oxygen atoms in total. The van der Waals surface area contributed by atoms with Crippen LogP contribution in [0.2, 0.25) is 0 Å². The molecule has 0 spiro atoms. The van der Waals surface area contributed by atoms with Gasteiger partial charge in [0.1, 0.15) is 0 Å². The van der Waals surface area contributed by atoms with Gasteiger partial charge in [-0.15, -0.1) is 0 Å². The van der Waals surface area contributed by atoms with Gasteiger partial charge < -0.3 is 5.11 Å². The Hall–Kier alpha value is -2.09. The van der Waals surface area contributed by atoms with Gasteiger partial charge in [-0.2, -0.15) is 0 Å². The Balaban J connectivity index is 3.61. The number of hydrogen-bond donors (Lipinski definition) is 1. The highest BCUT2D eigenvalue weighted by molar-refractivity contribution is 5.66. The number of carboxylic acid groups (broad SMARTS) is 1. The molecule has 120 valence electrons. The highest BCUT2D eigenvalue weighted by atomic mass is 16.4. The first-order chi connectivity index (χ1) is 10.8. The number of aliphatic carboxylic acids is 1. The van der Waals surface area contributed by atoms with Gasteiger partial charge >= 0.3 is 5.97 Å². The fourth-order valence-electron chi connectivity index (χ4n) is 1.57. The van der Waals surface area contributed by atoms with Crippen LogP contribution < -0.4 is 0 Å². The van der Waals surface area contributed by atoms with E-state index in [1.54, 1.807) is 0 Å². The van der Waals surface area contributed by atoms with Crippen molar-refractivity contribution in [1.82, 2.24) is 0 Å². The van der Waals surface area contributed by atoms with Crippen molar-refractivity contribution >= 4 is 5.97 Å². The zero-order chi connectivity index (χ0) is 16.3. The summed E-state index contributed by atoms with van der Waals surface area (Å²) in [6, 6.07) is 0. The number of carboxylic acids is 1. The average molecular weight is 300 g/mol. The first-order valence-corrected chi connectivity index (χ1v) is 7.94. The third-order valence-electron chi connectivity index (χ3n) is 2.70. The normalized spacial score (nSPS) is 13.1. The van der Waals surface area contributed by atoms with Crippen LogP contribution >= 0.6 is 0 Å². The molecule has 0 aliphatic rings. The molecule has 0 saturated heterocycles. The molecule has 0 rings (SSSR count). The predicted octanol–water partition coefficient (Wildman–Crippen LogP) is 5.77. The molecule has 0 unspecified atom stereocenters. The number of carbonyl (C=O) groups is 1. The fraction of sp³-hybridized carbons (Fsp3) is 0.350. The van der Waals surface area contributed by atoms with Crippen LogP contribution in [-0.4, -0.2) is 11.1 Å². The molecule has 0 aliphatic carbocycles. The Morgan fingerprint density at radius 1 is 0.773 bits per heavy atom. The highest BCUT2D eigenvalue weighted by Gasteiger charge is 1.92. The van der Waals surface area contributed by atoms with E-state index in [1.807, 2.05) is 42.5 Å². The molecule has 0 heterocycles. The summed E-state index contributed by atoms with van der Waals surface area (Å²) in [4.78, 5) is 10.3. The molecule has 0 fully saturated rings. The van der Waals surface area contributed by atoms with Crippen LogP contribution in [0, 0.1) is 0 Å². The summed E-state index contributed by atoms with van der Waals surface area (Å²) < 4.78 is 0. The van der Waals surface area contributed by atoms with Gasteiger partial charge in [-0.1, -0.05) is 79.8 Å². The van der Waals surface area contributed by atoms with Crippen LogP contribution in [0.15, 0.2) is 72.9 Å². The van der Waals surface area contributed by atoms with E-state index in [0.717, 1.165) is 25.7 Å². The Kier molecular flexibility index (Phi) is 15.4. The van der Waals surface area contributed by atoms with E-state index in [-0.39, 0.29) is 6.42 Å². The summed E-state index contributed by atoms with van der Waals surface area (Å²) >= 11 is 0. The molecule has 2 heteroatoms. The van der Waals surface area contributed by atoms with Crippen molar-refractivity contribution in [3.63, 3.8) is 0 Å². The van der Waals surface area contributed by atoms with Gasteiger partial charge in [0.05, 0.1) is 0 Å². The molecule has 0 saturated carbocycles. The lowest BCUT2D eigenvalue weighted by molar-refractivity contribution is -0.137. The molecular formula is C20H28O2. The molecule has 1 N–H and O–H groups in total. The average Bonchev–Trinajstić information content (AvgIpc) is 2.50. The molecule has 0 amide bonds. The van der Waals surface area contributed by atoms with E-state index < -0.39 is 5.97 Å². The molecular weight excluding hydrogens is 272 g/mol. The number of allylic oxidation sites excluding steroid dienone is 12.